The van der Waals surface area contributed by atoms with E-state index in [1.165, 1.54) is 12.4 Å². The minimum atomic E-state index is -1.39. The zero-order valence-electron chi connectivity index (χ0n) is 30.1. The Balaban J connectivity index is 0.850. The number of nitrogens with zero attached hydrogens (tertiary/aromatic N) is 6. The van der Waals surface area contributed by atoms with Gasteiger partial charge in [0.25, 0.3) is 11.8 Å². The van der Waals surface area contributed by atoms with Crippen LogP contribution in [0.25, 0.3) is 16.9 Å². The number of nitriles is 1. The number of aromatic nitrogens is 4. The van der Waals surface area contributed by atoms with Gasteiger partial charge in [-0.2, -0.15) is 15.0 Å². The number of piperidine rings is 1. The lowest BCUT2D eigenvalue weighted by Crippen LogP contribution is -2.54. The van der Waals surface area contributed by atoms with E-state index in [-0.39, 0.29) is 61.8 Å². The van der Waals surface area contributed by atoms with Gasteiger partial charge in [-0.05, 0) is 63.1 Å². The van der Waals surface area contributed by atoms with E-state index in [4.69, 9.17) is 9.47 Å². The molecule has 1 aliphatic carbocycles. The fourth-order valence-corrected chi connectivity index (χ4v) is 6.80. The zero-order chi connectivity index (χ0) is 38.6. The average Bonchev–Trinajstić information content (AvgIpc) is 3.84. The van der Waals surface area contributed by atoms with Gasteiger partial charge in [0, 0.05) is 49.3 Å². The number of carbonyl (C=O) groups is 5. The highest BCUT2D eigenvalue weighted by atomic mass is 19.1. The van der Waals surface area contributed by atoms with Crippen molar-refractivity contribution in [3.63, 3.8) is 0 Å². The second-order valence-corrected chi connectivity index (χ2v) is 13.9. The summed E-state index contributed by atoms with van der Waals surface area (Å²) in [5, 5.41) is 19.8. The maximum Gasteiger partial charge on any atom is 0.262 e. The molecule has 15 nitrogen and oxygen atoms in total. The van der Waals surface area contributed by atoms with Crippen molar-refractivity contribution in [1.82, 2.24) is 30.0 Å². The number of imide groups is 2. The summed E-state index contributed by atoms with van der Waals surface area (Å²) in [6, 6.07) is 9.71. The molecule has 3 unspecified atom stereocenters. The molecule has 2 N–H and O–H groups in total. The average molecular weight is 751 g/mol. The molecule has 3 aromatic heterocycles. The number of rotatable bonds is 17. The zero-order valence-corrected chi connectivity index (χ0v) is 30.1. The summed E-state index contributed by atoms with van der Waals surface area (Å²) >= 11 is 0. The molecule has 55 heavy (non-hydrogen) atoms. The number of hydrogen-bond acceptors (Lipinski definition) is 12. The minimum Gasteiger partial charge on any atom is -0.382 e. The Morgan fingerprint density at radius 1 is 1.07 bits per heavy atom. The first-order chi connectivity index (χ1) is 26.6. The summed E-state index contributed by atoms with van der Waals surface area (Å²) in [6.45, 7) is 2.28. The molecule has 4 aromatic rings. The second kappa shape index (κ2) is 16.2. The summed E-state index contributed by atoms with van der Waals surface area (Å²) in [7, 11) is 0. The molecule has 4 amide bonds. The van der Waals surface area contributed by atoms with Gasteiger partial charge in [0.15, 0.2) is 17.2 Å². The molecular formula is C39H39FN8O7. The van der Waals surface area contributed by atoms with Crippen LogP contribution in [0, 0.1) is 11.3 Å². The quantitative estimate of drug-likeness (QED) is 0.0895. The second-order valence-electron chi connectivity index (χ2n) is 13.9. The van der Waals surface area contributed by atoms with Crippen LogP contribution < -0.4 is 10.6 Å². The number of pyridine rings is 2. The van der Waals surface area contributed by atoms with Gasteiger partial charge in [-0.1, -0.05) is 12.1 Å². The van der Waals surface area contributed by atoms with Crippen molar-refractivity contribution in [3.8, 4) is 11.9 Å². The highest BCUT2D eigenvalue weighted by Gasteiger charge is 2.45. The molecule has 3 atom stereocenters. The van der Waals surface area contributed by atoms with Crippen molar-refractivity contribution < 1.29 is 37.8 Å². The Morgan fingerprint density at radius 3 is 2.69 bits per heavy atom. The van der Waals surface area contributed by atoms with Gasteiger partial charge >= 0.3 is 0 Å². The normalized spacial score (nSPS) is 17.9. The summed E-state index contributed by atoms with van der Waals surface area (Å²) in [6.07, 6.45) is 5.36. The van der Waals surface area contributed by atoms with E-state index in [2.05, 4.69) is 31.8 Å². The number of ketones is 1. The Labute approximate surface area is 315 Å². The monoisotopic (exact) mass is 750 g/mol. The van der Waals surface area contributed by atoms with Crippen LogP contribution in [0.4, 0.5) is 10.1 Å². The first kappa shape index (κ1) is 37.4. The van der Waals surface area contributed by atoms with Crippen molar-refractivity contribution in [3.05, 3.63) is 76.7 Å². The molecule has 2 fully saturated rings. The smallest absolute Gasteiger partial charge is 0.262 e. The largest absolute Gasteiger partial charge is 0.382 e. The highest BCUT2D eigenvalue weighted by Crippen LogP contribution is 2.31. The lowest BCUT2D eigenvalue weighted by Gasteiger charge is -2.27. The van der Waals surface area contributed by atoms with Crippen molar-refractivity contribution in [2.24, 2.45) is 0 Å². The number of halogens is 1. The third-order valence-electron chi connectivity index (χ3n) is 9.94. The molecule has 1 saturated heterocycles. The Hall–Kier alpha value is -5.92. The van der Waals surface area contributed by atoms with Crippen LogP contribution in [-0.2, 0) is 25.5 Å². The Morgan fingerprint density at radius 2 is 1.91 bits per heavy atom. The number of hydrogen-bond donors (Lipinski definition) is 2. The lowest BCUT2D eigenvalue weighted by molar-refractivity contribution is -0.136. The number of ether oxygens (including phenoxy) is 2. The van der Waals surface area contributed by atoms with Crippen molar-refractivity contribution >= 4 is 46.1 Å². The number of amides is 4. The summed E-state index contributed by atoms with van der Waals surface area (Å²) in [5.41, 5.74) is 3.06. The highest BCUT2D eigenvalue weighted by molar-refractivity contribution is 6.24. The fourth-order valence-electron chi connectivity index (χ4n) is 6.80. The molecule has 1 aromatic carbocycles. The van der Waals surface area contributed by atoms with Crippen molar-refractivity contribution in [2.45, 2.75) is 82.6 Å². The van der Waals surface area contributed by atoms with Crippen LogP contribution in [0.15, 0.2) is 48.9 Å². The van der Waals surface area contributed by atoms with Gasteiger partial charge in [0.05, 0.1) is 53.5 Å². The number of Topliss-reactive ketones (excluding diaryl/α,β-unsaturated/α-hetero) is 1. The van der Waals surface area contributed by atoms with Crippen LogP contribution in [0.1, 0.15) is 94.1 Å². The molecule has 5 heterocycles. The van der Waals surface area contributed by atoms with Crippen LogP contribution in [0.2, 0.25) is 0 Å². The SMILES string of the molecule is CC(OCCOCCCc1cccc2c1C(=O)N(C1CCC(=O)NC1=O)C2=O)C(F)CCC(=O)c1cnc(-n2ncc3cc(C#N)cnc32)cc1NC1CC1. The first-order valence-electron chi connectivity index (χ1n) is 18.3. The molecule has 284 valence electrons. The Kier molecular flexibility index (Phi) is 11.0. The van der Waals surface area contributed by atoms with E-state index in [9.17, 15) is 29.2 Å². The van der Waals surface area contributed by atoms with E-state index < -0.39 is 41.9 Å². The van der Waals surface area contributed by atoms with E-state index in [0.717, 1.165) is 17.7 Å². The predicted octanol–water partition coefficient (Wildman–Crippen LogP) is 4.02. The lowest BCUT2D eigenvalue weighted by atomic mass is 9.99. The number of benzene rings is 1. The maximum atomic E-state index is 15.1. The minimum absolute atomic E-state index is 0.0377. The van der Waals surface area contributed by atoms with Crippen LogP contribution >= 0.6 is 0 Å². The van der Waals surface area contributed by atoms with E-state index in [1.807, 2.05) is 0 Å². The number of anilines is 1. The van der Waals surface area contributed by atoms with Crippen LogP contribution in [0.3, 0.4) is 0 Å². The van der Waals surface area contributed by atoms with Gasteiger partial charge in [0.1, 0.15) is 18.3 Å². The number of fused-ring (bicyclic) bond motifs is 2. The fraction of sp³-hybridized carbons (Fsp3) is 0.410. The van der Waals surface area contributed by atoms with Crippen molar-refractivity contribution in [2.75, 3.05) is 25.1 Å². The van der Waals surface area contributed by atoms with Crippen LogP contribution in [0.5, 0.6) is 0 Å². The molecule has 3 aliphatic rings. The summed E-state index contributed by atoms with van der Waals surface area (Å²) in [4.78, 5) is 73.4. The number of nitrogens with one attached hydrogen (secondary N) is 2. The molecule has 1 saturated carbocycles. The molecule has 0 bridgehead atoms. The van der Waals surface area contributed by atoms with E-state index in [0.29, 0.717) is 58.7 Å². The first-order valence-corrected chi connectivity index (χ1v) is 18.3. The van der Waals surface area contributed by atoms with E-state index in [1.54, 1.807) is 48.1 Å². The predicted molar refractivity (Wildman–Crippen MR) is 194 cm³/mol. The maximum absolute atomic E-state index is 15.1. The molecule has 16 heteroatoms. The summed E-state index contributed by atoms with van der Waals surface area (Å²) < 4.78 is 28.0. The third kappa shape index (κ3) is 8.13. The Bertz CT molecular complexity index is 2210. The van der Waals surface area contributed by atoms with Gasteiger partial charge < -0.3 is 14.8 Å². The molecule has 0 radical (unpaired) electrons. The van der Waals surface area contributed by atoms with Crippen molar-refractivity contribution in [1.29, 1.82) is 5.26 Å². The number of alkyl halides is 1. The third-order valence-corrected chi connectivity index (χ3v) is 9.94. The molecule has 2 aliphatic heterocycles. The van der Waals surface area contributed by atoms with Gasteiger partial charge in [-0.3, -0.25) is 34.2 Å². The topological polar surface area (TPSA) is 198 Å². The van der Waals surface area contributed by atoms with E-state index >= 15 is 4.39 Å². The van der Waals surface area contributed by atoms with Crippen LogP contribution in [-0.4, -0.2) is 98.2 Å². The molecular weight excluding hydrogens is 711 g/mol. The number of aryl methyl sites for hydroxylation is 1. The molecule has 7 rings (SSSR count). The van der Waals surface area contributed by atoms with Gasteiger partial charge in [0.2, 0.25) is 11.8 Å². The molecule has 0 spiro atoms. The van der Waals surface area contributed by atoms with Gasteiger partial charge in [-0.15, -0.1) is 0 Å². The summed E-state index contributed by atoms with van der Waals surface area (Å²) in [5.74, 6) is -1.98. The standard InChI is InChI=1S/C39H39FN8O7/c1-22(55-15-14-54-13-3-5-24-4-2-6-27-35(24)39(53)47(38(27)52)31-10-12-34(50)46-37(31)51)29(40)9-11-32(49)28-21-42-33(17-30(28)45-26-7-8-26)48-36-25(20-44-48)16-23(18-41)19-43-36/h2,4,6,16-17,19-22,26,29,31H,3,5,7-15H2,1H3,(H,42,45)(H,46,50,51). The van der Waals surface area contributed by atoms with Gasteiger partial charge in [-0.25, -0.2) is 14.4 Å². The number of carbonyl (C=O) groups excluding carboxylic acids is 5.